The van der Waals surface area contributed by atoms with Gasteiger partial charge in [0.2, 0.25) is 0 Å². The smallest absolute Gasteiger partial charge is 0.129 e. The number of nitrogens with two attached hydrogens (primary N) is 1. The van der Waals surface area contributed by atoms with E-state index in [0.29, 0.717) is 41.5 Å². The molecule has 34 heavy (non-hydrogen) atoms. The van der Waals surface area contributed by atoms with Crippen LogP contribution in [0.2, 0.25) is 0 Å². The average molecular weight is 454 g/mol. The number of nitrogens with zero attached hydrogens (tertiary/aromatic N) is 3. The van der Waals surface area contributed by atoms with Gasteiger partial charge in [0.15, 0.2) is 0 Å². The first-order valence-corrected chi connectivity index (χ1v) is 11.6. The number of fused-ring (bicyclic) bond motifs is 1. The Morgan fingerprint density at radius 1 is 1.15 bits per heavy atom. The highest BCUT2D eigenvalue weighted by Crippen LogP contribution is 2.35. The zero-order chi connectivity index (χ0) is 23.5. The Bertz CT molecular complexity index is 1260. The molecule has 1 aromatic heterocycles. The van der Waals surface area contributed by atoms with Crippen molar-refractivity contribution in [1.29, 1.82) is 10.7 Å². The molecule has 0 radical (unpaired) electrons. The van der Waals surface area contributed by atoms with Crippen molar-refractivity contribution in [1.82, 2.24) is 4.98 Å². The van der Waals surface area contributed by atoms with E-state index in [1.54, 1.807) is 12.3 Å². The summed E-state index contributed by atoms with van der Waals surface area (Å²) >= 11 is 0. The lowest BCUT2D eigenvalue weighted by molar-refractivity contribution is 0.122. The molecule has 3 aromatic rings. The first kappa shape index (κ1) is 21.9. The fourth-order valence-electron chi connectivity index (χ4n) is 4.65. The molecule has 5 rings (SSSR count). The van der Waals surface area contributed by atoms with Gasteiger partial charge in [-0.1, -0.05) is 6.07 Å². The average Bonchev–Trinajstić information content (AvgIpc) is 2.90. The molecule has 2 heterocycles. The van der Waals surface area contributed by atoms with E-state index in [-0.39, 0.29) is 6.10 Å². The van der Waals surface area contributed by atoms with Gasteiger partial charge in [-0.05, 0) is 72.9 Å². The Morgan fingerprint density at radius 3 is 2.82 bits per heavy atom. The molecule has 1 atom stereocenters. The molecule has 1 aliphatic carbocycles. The standard InChI is InChI=1S/C27H27N5O2/c28-17-18-4-6-22-19(14-18)2-1-3-25(22)34-21-5-7-24(29)23(16-21)27(30)20-8-9-31-26(15-20)32-10-12-33-13-11-32/h4-9,14-16,25,30H,1-3,10-13,29H2/t25-/m1/s1. The maximum atomic E-state index is 9.21. The van der Waals surface area contributed by atoms with E-state index in [4.69, 9.17) is 20.6 Å². The van der Waals surface area contributed by atoms with Gasteiger partial charge >= 0.3 is 0 Å². The van der Waals surface area contributed by atoms with Crippen LogP contribution in [0.25, 0.3) is 0 Å². The summed E-state index contributed by atoms with van der Waals surface area (Å²) < 4.78 is 11.8. The lowest BCUT2D eigenvalue weighted by Crippen LogP contribution is -2.36. The number of nitrogens with one attached hydrogen (secondary N) is 1. The molecule has 1 saturated heterocycles. The molecule has 0 unspecified atom stereocenters. The molecular formula is C27H27N5O2. The van der Waals surface area contributed by atoms with E-state index in [1.807, 2.05) is 42.5 Å². The Balaban J connectivity index is 1.39. The Kier molecular flexibility index (Phi) is 6.15. The van der Waals surface area contributed by atoms with Gasteiger partial charge in [0.05, 0.1) is 30.6 Å². The summed E-state index contributed by atoms with van der Waals surface area (Å²) in [5, 5.41) is 18.1. The van der Waals surface area contributed by atoms with Gasteiger partial charge in [0, 0.05) is 36.1 Å². The van der Waals surface area contributed by atoms with Crippen molar-refractivity contribution in [3.05, 3.63) is 82.5 Å². The summed E-state index contributed by atoms with van der Waals surface area (Å²) in [6, 6.07) is 17.3. The number of hydrogen-bond acceptors (Lipinski definition) is 7. The van der Waals surface area contributed by atoms with E-state index in [1.165, 1.54) is 5.56 Å². The molecule has 172 valence electrons. The van der Waals surface area contributed by atoms with Crippen molar-refractivity contribution < 1.29 is 9.47 Å². The predicted octanol–water partition coefficient (Wildman–Crippen LogP) is 4.24. The van der Waals surface area contributed by atoms with Crippen LogP contribution in [0.3, 0.4) is 0 Å². The van der Waals surface area contributed by atoms with Crippen LogP contribution in [0, 0.1) is 16.7 Å². The SMILES string of the molecule is N#Cc1ccc2c(c1)CCC[C@H]2Oc1ccc(N)c(C(=N)c2ccnc(N3CCOCC3)c2)c1. The predicted molar refractivity (Wildman–Crippen MR) is 132 cm³/mol. The van der Waals surface area contributed by atoms with E-state index in [9.17, 15) is 5.26 Å². The van der Waals surface area contributed by atoms with Crippen LogP contribution < -0.4 is 15.4 Å². The van der Waals surface area contributed by atoms with Crippen LogP contribution in [0.15, 0.2) is 54.7 Å². The van der Waals surface area contributed by atoms with Gasteiger partial charge in [0.25, 0.3) is 0 Å². The first-order chi connectivity index (χ1) is 16.6. The number of ether oxygens (including phenoxy) is 2. The van der Waals surface area contributed by atoms with Crippen molar-refractivity contribution in [3.63, 3.8) is 0 Å². The molecule has 2 aliphatic rings. The molecule has 1 fully saturated rings. The number of aryl methyl sites for hydroxylation is 1. The number of morpholine rings is 1. The summed E-state index contributed by atoms with van der Waals surface area (Å²) in [7, 11) is 0. The number of nitriles is 1. The lowest BCUT2D eigenvalue weighted by Gasteiger charge is -2.28. The minimum absolute atomic E-state index is 0.0870. The first-order valence-electron chi connectivity index (χ1n) is 11.6. The molecule has 3 N–H and O–H groups in total. The molecule has 2 aromatic carbocycles. The van der Waals surface area contributed by atoms with Crippen molar-refractivity contribution >= 4 is 17.2 Å². The van der Waals surface area contributed by atoms with Crippen LogP contribution in [0.5, 0.6) is 5.75 Å². The zero-order valence-electron chi connectivity index (χ0n) is 19.0. The molecule has 0 saturated carbocycles. The third kappa shape index (κ3) is 4.45. The number of pyridine rings is 1. The normalized spacial score (nSPS) is 17.5. The zero-order valence-corrected chi connectivity index (χ0v) is 19.0. The summed E-state index contributed by atoms with van der Waals surface area (Å²) in [6.45, 7) is 2.93. The largest absolute Gasteiger partial charge is 0.486 e. The molecule has 0 amide bonds. The van der Waals surface area contributed by atoms with E-state index in [0.717, 1.165) is 49.3 Å². The second-order valence-electron chi connectivity index (χ2n) is 8.65. The van der Waals surface area contributed by atoms with Gasteiger partial charge in [-0.3, -0.25) is 5.41 Å². The Morgan fingerprint density at radius 2 is 2.00 bits per heavy atom. The minimum atomic E-state index is -0.0870. The molecule has 7 heteroatoms. The van der Waals surface area contributed by atoms with Crippen molar-refractivity contribution in [2.75, 3.05) is 36.9 Å². The summed E-state index contributed by atoms with van der Waals surface area (Å²) in [4.78, 5) is 6.66. The van der Waals surface area contributed by atoms with Gasteiger partial charge < -0.3 is 20.1 Å². The number of benzene rings is 2. The number of aromatic nitrogens is 1. The monoisotopic (exact) mass is 453 g/mol. The van der Waals surface area contributed by atoms with E-state index in [2.05, 4.69) is 16.0 Å². The minimum Gasteiger partial charge on any atom is -0.486 e. The summed E-state index contributed by atoms with van der Waals surface area (Å²) in [5.74, 6) is 1.52. The third-order valence-corrected chi connectivity index (χ3v) is 6.47. The second kappa shape index (κ2) is 9.54. The third-order valence-electron chi connectivity index (χ3n) is 6.47. The highest BCUT2D eigenvalue weighted by molar-refractivity contribution is 6.14. The van der Waals surface area contributed by atoms with E-state index >= 15 is 0 Å². The molecule has 1 aliphatic heterocycles. The highest BCUT2D eigenvalue weighted by atomic mass is 16.5. The number of hydrogen-bond donors (Lipinski definition) is 2. The van der Waals surface area contributed by atoms with Crippen LogP contribution in [-0.2, 0) is 11.2 Å². The number of anilines is 2. The highest BCUT2D eigenvalue weighted by Gasteiger charge is 2.23. The maximum absolute atomic E-state index is 9.21. The van der Waals surface area contributed by atoms with Crippen LogP contribution in [-0.4, -0.2) is 37.0 Å². The molecule has 0 spiro atoms. The van der Waals surface area contributed by atoms with E-state index < -0.39 is 0 Å². The summed E-state index contributed by atoms with van der Waals surface area (Å²) in [6.07, 6.45) is 4.51. The molecular weight excluding hydrogens is 426 g/mol. The van der Waals surface area contributed by atoms with Crippen molar-refractivity contribution in [3.8, 4) is 11.8 Å². The Hall–Kier alpha value is -3.89. The fourth-order valence-corrected chi connectivity index (χ4v) is 4.65. The fraction of sp³-hybridized carbons (Fsp3) is 0.296. The molecule has 7 nitrogen and oxygen atoms in total. The summed E-state index contributed by atoms with van der Waals surface area (Å²) in [5.41, 5.74) is 11.5. The van der Waals surface area contributed by atoms with Crippen molar-refractivity contribution in [2.24, 2.45) is 0 Å². The molecule has 0 bridgehead atoms. The Labute approximate surface area is 199 Å². The quantitative estimate of drug-likeness (QED) is 0.442. The number of rotatable bonds is 5. The topological polar surface area (TPSA) is 108 Å². The van der Waals surface area contributed by atoms with Gasteiger partial charge in [-0.15, -0.1) is 0 Å². The van der Waals surface area contributed by atoms with Gasteiger partial charge in [0.1, 0.15) is 17.7 Å². The van der Waals surface area contributed by atoms with Crippen LogP contribution >= 0.6 is 0 Å². The lowest BCUT2D eigenvalue weighted by atomic mass is 9.88. The number of nitrogen functional groups attached to an aromatic ring is 1. The maximum Gasteiger partial charge on any atom is 0.129 e. The van der Waals surface area contributed by atoms with Crippen LogP contribution in [0.1, 0.15) is 46.8 Å². The van der Waals surface area contributed by atoms with Gasteiger partial charge in [-0.2, -0.15) is 5.26 Å². The van der Waals surface area contributed by atoms with Crippen molar-refractivity contribution in [2.45, 2.75) is 25.4 Å². The van der Waals surface area contributed by atoms with Crippen LogP contribution in [0.4, 0.5) is 11.5 Å². The second-order valence-corrected chi connectivity index (χ2v) is 8.65. The van der Waals surface area contributed by atoms with Gasteiger partial charge in [-0.25, -0.2) is 4.98 Å².